The Morgan fingerprint density at radius 2 is 1.88 bits per heavy atom. The van der Waals surface area contributed by atoms with Gasteiger partial charge in [-0.25, -0.2) is 0 Å². The lowest BCUT2D eigenvalue weighted by molar-refractivity contribution is 0.0342. The van der Waals surface area contributed by atoms with Crippen molar-refractivity contribution in [2.24, 2.45) is 0 Å². The summed E-state index contributed by atoms with van der Waals surface area (Å²) in [4.78, 5) is 15.5. The van der Waals surface area contributed by atoms with Crippen molar-refractivity contribution in [1.29, 1.82) is 0 Å². The zero-order valence-electron chi connectivity index (χ0n) is 18.9. The number of amides is 1. The molecule has 1 aromatic heterocycles. The van der Waals surface area contributed by atoms with Crippen molar-refractivity contribution in [2.75, 3.05) is 32.8 Å². The summed E-state index contributed by atoms with van der Waals surface area (Å²) in [7, 11) is 0. The van der Waals surface area contributed by atoms with Crippen LogP contribution in [0.5, 0.6) is 0 Å². The van der Waals surface area contributed by atoms with Gasteiger partial charge in [-0.15, -0.1) is 5.10 Å². The lowest BCUT2D eigenvalue weighted by Gasteiger charge is -2.29. The average molecular weight is 435 g/mol. The molecule has 1 aliphatic heterocycles. The number of ether oxygens (including phenoxy) is 1. The first-order chi connectivity index (χ1) is 15.5. The molecule has 0 spiro atoms. The number of carbonyl (C=O) groups is 1. The number of nitrogens with zero attached hydrogens (tertiary/aromatic N) is 5. The zero-order chi connectivity index (χ0) is 22.5. The van der Waals surface area contributed by atoms with Crippen LogP contribution in [0.25, 0.3) is 16.8 Å². The van der Waals surface area contributed by atoms with Gasteiger partial charge in [0.05, 0.1) is 18.9 Å². The van der Waals surface area contributed by atoms with E-state index in [2.05, 4.69) is 56.9 Å². The van der Waals surface area contributed by atoms with Gasteiger partial charge in [0.2, 0.25) is 0 Å². The molecule has 1 N–H and O–H groups in total. The molecule has 0 radical (unpaired) electrons. The lowest BCUT2D eigenvalue weighted by Crippen LogP contribution is -2.46. The van der Waals surface area contributed by atoms with Crippen molar-refractivity contribution < 1.29 is 9.53 Å². The molecule has 2 aromatic carbocycles. The summed E-state index contributed by atoms with van der Waals surface area (Å²) in [6, 6.07) is 14.1. The van der Waals surface area contributed by atoms with Crippen molar-refractivity contribution in [2.45, 2.75) is 33.2 Å². The Kier molecular flexibility index (Phi) is 6.92. The SMILES string of the molecule is CCc1nnnn1-c1cc(C(=O)N[C@H](C)CN2CCOCC2)cc(-c2ccc(C)cc2)c1. The molecule has 0 unspecified atom stereocenters. The highest BCUT2D eigenvalue weighted by Gasteiger charge is 2.18. The Morgan fingerprint density at radius 3 is 2.59 bits per heavy atom. The van der Waals surface area contributed by atoms with Crippen LogP contribution in [-0.2, 0) is 11.2 Å². The third-order valence-corrected chi connectivity index (χ3v) is 5.67. The molecule has 8 nitrogen and oxygen atoms in total. The molecule has 168 valence electrons. The monoisotopic (exact) mass is 434 g/mol. The van der Waals surface area contributed by atoms with Gasteiger partial charge in [0.1, 0.15) is 0 Å². The van der Waals surface area contributed by atoms with Gasteiger partial charge < -0.3 is 10.1 Å². The topological polar surface area (TPSA) is 85.2 Å². The van der Waals surface area contributed by atoms with E-state index >= 15 is 0 Å². The van der Waals surface area contributed by atoms with Gasteiger partial charge in [-0.3, -0.25) is 9.69 Å². The Labute approximate surface area is 188 Å². The maximum atomic E-state index is 13.2. The third-order valence-electron chi connectivity index (χ3n) is 5.67. The van der Waals surface area contributed by atoms with Crippen LogP contribution in [0.2, 0.25) is 0 Å². The molecule has 1 fully saturated rings. The van der Waals surface area contributed by atoms with E-state index in [4.69, 9.17) is 4.74 Å². The largest absolute Gasteiger partial charge is 0.379 e. The molecule has 0 aliphatic carbocycles. The van der Waals surface area contributed by atoms with Gasteiger partial charge >= 0.3 is 0 Å². The van der Waals surface area contributed by atoms with Gasteiger partial charge in [-0.05, 0) is 53.6 Å². The van der Waals surface area contributed by atoms with Crippen LogP contribution in [-0.4, -0.2) is 69.9 Å². The van der Waals surface area contributed by atoms with E-state index in [1.165, 1.54) is 5.56 Å². The normalized spacial score (nSPS) is 15.5. The van der Waals surface area contributed by atoms with E-state index in [-0.39, 0.29) is 11.9 Å². The Morgan fingerprint density at radius 1 is 1.12 bits per heavy atom. The number of tetrazole rings is 1. The van der Waals surface area contributed by atoms with Crippen LogP contribution in [0.3, 0.4) is 0 Å². The highest BCUT2D eigenvalue weighted by molar-refractivity contribution is 5.96. The van der Waals surface area contributed by atoms with Crippen molar-refractivity contribution in [1.82, 2.24) is 30.4 Å². The molecule has 3 aromatic rings. The lowest BCUT2D eigenvalue weighted by atomic mass is 10.0. The molecule has 1 aliphatic rings. The minimum atomic E-state index is -0.105. The van der Waals surface area contributed by atoms with Crippen LogP contribution < -0.4 is 5.32 Å². The Bertz CT molecular complexity index is 1060. The first kappa shape index (κ1) is 22.1. The molecule has 8 heteroatoms. The van der Waals surface area contributed by atoms with Crippen LogP contribution in [0, 0.1) is 6.92 Å². The second kappa shape index (κ2) is 10.0. The number of nitrogens with one attached hydrogen (secondary N) is 1. The van der Waals surface area contributed by atoms with Crippen molar-refractivity contribution in [3.05, 3.63) is 59.4 Å². The molecule has 0 saturated carbocycles. The minimum Gasteiger partial charge on any atom is -0.379 e. The molecule has 4 rings (SSSR count). The summed E-state index contributed by atoms with van der Waals surface area (Å²) in [6.45, 7) is 10.2. The molecule has 32 heavy (non-hydrogen) atoms. The number of hydrogen-bond acceptors (Lipinski definition) is 6. The number of rotatable bonds is 7. The van der Waals surface area contributed by atoms with Crippen LogP contribution in [0.1, 0.15) is 35.6 Å². The Balaban J connectivity index is 1.62. The number of carbonyl (C=O) groups excluding carboxylic acids is 1. The predicted octanol–water partition coefficient (Wildman–Crippen LogP) is 2.65. The maximum Gasteiger partial charge on any atom is 0.251 e. The van der Waals surface area contributed by atoms with Gasteiger partial charge in [0.25, 0.3) is 5.91 Å². The van der Waals surface area contributed by atoms with E-state index in [1.54, 1.807) is 4.68 Å². The average Bonchev–Trinajstić information content (AvgIpc) is 3.29. The summed E-state index contributed by atoms with van der Waals surface area (Å²) in [5.74, 6) is 0.644. The fourth-order valence-electron chi connectivity index (χ4n) is 3.93. The van der Waals surface area contributed by atoms with E-state index in [1.807, 2.05) is 32.0 Å². The van der Waals surface area contributed by atoms with E-state index < -0.39 is 0 Å². The van der Waals surface area contributed by atoms with Crippen molar-refractivity contribution in [3.63, 3.8) is 0 Å². The van der Waals surface area contributed by atoms with E-state index in [0.29, 0.717) is 12.0 Å². The molecule has 2 heterocycles. The van der Waals surface area contributed by atoms with Crippen LogP contribution >= 0.6 is 0 Å². The second-order valence-corrected chi connectivity index (χ2v) is 8.28. The molecular formula is C24H30N6O2. The summed E-state index contributed by atoms with van der Waals surface area (Å²) in [6.07, 6.45) is 0.694. The summed E-state index contributed by atoms with van der Waals surface area (Å²) in [5, 5.41) is 15.2. The minimum absolute atomic E-state index is 0.0197. The highest BCUT2D eigenvalue weighted by Crippen LogP contribution is 2.25. The van der Waals surface area contributed by atoms with Gasteiger partial charge in [-0.2, -0.15) is 4.68 Å². The van der Waals surface area contributed by atoms with Crippen LogP contribution in [0.15, 0.2) is 42.5 Å². The summed E-state index contributed by atoms with van der Waals surface area (Å²) < 4.78 is 7.11. The second-order valence-electron chi connectivity index (χ2n) is 8.28. The fraction of sp³-hybridized carbons (Fsp3) is 0.417. The van der Waals surface area contributed by atoms with E-state index in [0.717, 1.165) is 55.5 Å². The van der Waals surface area contributed by atoms with Gasteiger partial charge in [-0.1, -0.05) is 36.8 Å². The van der Waals surface area contributed by atoms with Crippen LogP contribution in [0.4, 0.5) is 0 Å². The highest BCUT2D eigenvalue weighted by atomic mass is 16.5. The predicted molar refractivity (Wildman–Crippen MR) is 123 cm³/mol. The number of morpholine rings is 1. The summed E-state index contributed by atoms with van der Waals surface area (Å²) >= 11 is 0. The first-order valence-corrected chi connectivity index (χ1v) is 11.1. The van der Waals surface area contributed by atoms with Crippen molar-refractivity contribution in [3.8, 4) is 16.8 Å². The quantitative estimate of drug-likeness (QED) is 0.615. The molecule has 1 saturated heterocycles. The molecule has 1 atom stereocenters. The molecular weight excluding hydrogens is 404 g/mol. The van der Waals surface area contributed by atoms with Gasteiger partial charge in [0.15, 0.2) is 5.82 Å². The fourth-order valence-corrected chi connectivity index (χ4v) is 3.93. The smallest absolute Gasteiger partial charge is 0.251 e. The zero-order valence-corrected chi connectivity index (χ0v) is 18.9. The summed E-state index contributed by atoms with van der Waals surface area (Å²) in [5.41, 5.74) is 4.54. The third kappa shape index (κ3) is 5.20. The molecule has 1 amide bonds. The van der Waals surface area contributed by atoms with Gasteiger partial charge in [0, 0.05) is 37.7 Å². The van der Waals surface area contributed by atoms with Crippen molar-refractivity contribution >= 4 is 5.91 Å². The first-order valence-electron chi connectivity index (χ1n) is 11.1. The number of hydrogen-bond donors (Lipinski definition) is 1. The number of benzene rings is 2. The maximum absolute atomic E-state index is 13.2. The number of aromatic nitrogens is 4. The number of aryl methyl sites for hydroxylation is 2. The molecule has 0 bridgehead atoms. The standard InChI is InChI=1S/C24H30N6O2/c1-4-23-26-27-28-30(23)22-14-20(19-7-5-17(2)6-8-19)13-21(15-22)24(31)25-18(3)16-29-9-11-32-12-10-29/h5-8,13-15,18H,4,9-12,16H2,1-3H3,(H,25,31)/t18-/m1/s1. The Hall–Kier alpha value is -3.10. The van der Waals surface area contributed by atoms with E-state index in [9.17, 15) is 4.79 Å².